The van der Waals surface area contributed by atoms with Crippen LogP contribution in [0, 0.1) is 13.8 Å². The Bertz CT molecular complexity index is 618. The second-order valence-corrected chi connectivity index (χ2v) is 4.88. The molecule has 1 aliphatic carbocycles. The number of hydrogen-bond acceptors (Lipinski definition) is 4. The quantitative estimate of drug-likeness (QED) is 0.816. The maximum absolute atomic E-state index is 11.6. The van der Waals surface area contributed by atoms with Crippen molar-refractivity contribution in [3.8, 4) is 0 Å². The average Bonchev–Trinajstić information content (AvgIpc) is 3.02. The Labute approximate surface area is 104 Å². The maximum Gasteiger partial charge on any atom is 0.441 e. The van der Waals surface area contributed by atoms with Crippen LogP contribution in [0.1, 0.15) is 36.0 Å². The number of aryl methyl sites for hydroxylation is 3. The molecule has 0 bridgehead atoms. The highest BCUT2D eigenvalue weighted by Crippen LogP contribution is 2.38. The highest BCUT2D eigenvalue weighted by atomic mass is 16.5. The highest BCUT2D eigenvalue weighted by molar-refractivity contribution is 5.07. The molecule has 1 fully saturated rings. The lowest BCUT2D eigenvalue weighted by molar-refractivity contribution is 0.369. The Morgan fingerprint density at radius 1 is 1.39 bits per heavy atom. The van der Waals surface area contributed by atoms with E-state index < -0.39 is 0 Å². The molecule has 2 aromatic rings. The zero-order valence-electron chi connectivity index (χ0n) is 10.6. The van der Waals surface area contributed by atoms with E-state index in [1.165, 1.54) is 0 Å². The minimum Gasteiger partial charge on any atom is -0.296 e. The molecule has 6 nitrogen and oxygen atoms in total. The van der Waals surface area contributed by atoms with E-state index >= 15 is 0 Å². The van der Waals surface area contributed by atoms with Crippen molar-refractivity contribution in [2.75, 3.05) is 0 Å². The van der Waals surface area contributed by atoms with E-state index in [0.717, 1.165) is 30.1 Å². The van der Waals surface area contributed by atoms with E-state index in [1.807, 2.05) is 24.6 Å². The van der Waals surface area contributed by atoms with Crippen LogP contribution in [0.5, 0.6) is 0 Å². The molecule has 0 atom stereocenters. The lowest BCUT2D eigenvalue weighted by Crippen LogP contribution is -2.20. The van der Waals surface area contributed by atoms with Crippen molar-refractivity contribution in [1.29, 1.82) is 0 Å². The zero-order valence-corrected chi connectivity index (χ0v) is 10.6. The summed E-state index contributed by atoms with van der Waals surface area (Å²) in [6, 6.07) is 2.03. The molecule has 2 heterocycles. The molecule has 6 heteroatoms. The largest absolute Gasteiger partial charge is 0.441 e. The number of hydrogen-bond donors (Lipinski definition) is 0. The van der Waals surface area contributed by atoms with Crippen molar-refractivity contribution in [2.24, 2.45) is 0 Å². The Hall–Kier alpha value is -1.85. The van der Waals surface area contributed by atoms with Gasteiger partial charge in [0.2, 0.25) is 0 Å². The van der Waals surface area contributed by atoms with Gasteiger partial charge in [0, 0.05) is 11.6 Å². The second-order valence-electron chi connectivity index (χ2n) is 4.88. The first-order valence-electron chi connectivity index (χ1n) is 6.22. The Morgan fingerprint density at radius 2 is 2.17 bits per heavy atom. The van der Waals surface area contributed by atoms with E-state index in [1.54, 1.807) is 4.57 Å². The zero-order chi connectivity index (χ0) is 12.7. The van der Waals surface area contributed by atoms with E-state index in [-0.39, 0.29) is 5.76 Å². The predicted molar refractivity (Wildman–Crippen MR) is 64.4 cm³/mol. The van der Waals surface area contributed by atoms with Gasteiger partial charge >= 0.3 is 5.76 Å². The fourth-order valence-electron chi connectivity index (χ4n) is 2.22. The van der Waals surface area contributed by atoms with Gasteiger partial charge in [-0.3, -0.25) is 13.8 Å². The lowest BCUT2D eigenvalue weighted by atomic mass is 10.4. The average molecular weight is 248 g/mol. The van der Waals surface area contributed by atoms with Crippen LogP contribution in [-0.4, -0.2) is 19.5 Å². The SMILES string of the molecule is Cc1cc(C)n(CCn2c(C3CC3)noc2=O)n1. The molecule has 2 aromatic heterocycles. The highest BCUT2D eigenvalue weighted by Gasteiger charge is 2.30. The topological polar surface area (TPSA) is 65.8 Å². The molecule has 0 aromatic carbocycles. The van der Waals surface area contributed by atoms with Crippen molar-refractivity contribution < 1.29 is 4.52 Å². The fourth-order valence-corrected chi connectivity index (χ4v) is 2.22. The molecular formula is C12H16N4O2. The van der Waals surface area contributed by atoms with E-state index in [4.69, 9.17) is 4.52 Å². The molecule has 0 saturated heterocycles. The number of aromatic nitrogens is 4. The first-order chi connectivity index (χ1) is 8.65. The summed E-state index contributed by atoms with van der Waals surface area (Å²) in [4.78, 5) is 11.6. The van der Waals surface area contributed by atoms with Crippen LogP contribution in [0.2, 0.25) is 0 Å². The molecule has 0 aliphatic heterocycles. The monoisotopic (exact) mass is 248 g/mol. The van der Waals surface area contributed by atoms with Crippen molar-refractivity contribution in [1.82, 2.24) is 19.5 Å². The first-order valence-corrected chi connectivity index (χ1v) is 6.22. The minimum atomic E-state index is -0.363. The fraction of sp³-hybridized carbons (Fsp3) is 0.583. The smallest absolute Gasteiger partial charge is 0.296 e. The van der Waals surface area contributed by atoms with Gasteiger partial charge in [0.15, 0.2) is 5.82 Å². The molecular weight excluding hydrogens is 232 g/mol. The van der Waals surface area contributed by atoms with Gasteiger partial charge in [-0.2, -0.15) is 5.10 Å². The van der Waals surface area contributed by atoms with Gasteiger partial charge in [-0.25, -0.2) is 4.79 Å². The Morgan fingerprint density at radius 3 is 2.78 bits per heavy atom. The summed E-state index contributed by atoms with van der Waals surface area (Å²) in [6.07, 6.45) is 2.21. The summed E-state index contributed by atoms with van der Waals surface area (Å²) in [5.74, 6) is 0.844. The molecule has 0 unspecified atom stereocenters. The van der Waals surface area contributed by atoms with Crippen LogP contribution in [0.15, 0.2) is 15.4 Å². The van der Waals surface area contributed by atoms with Crippen LogP contribution in [0.25, 0.3) is 0 Å². The summed E-state index contributed by atoms with van der Waals surface area (Å²) in [5, 5.41) is 8.24. The van der Waals surface area contributed by atoms with Crippen molar-refractivity contribution in [3.63, 3.8) is 0 Å². The first kappa shape index (κ1) is 11.3. The van der Waals surface area contributed by atoms with Crippen LogP contribution in [-0.2, 0) is 13.1 Å². The van der Waals surface area contributed by atoms with Gasteiger partial charge in [0.05, 0.1) is 18.8 Å². The molecule has 18 heavy (non-hydrogen) atoms. The lowest BCUT2D eigenvalue weighted by Gasteiger charge is -2.05. The maximum atomic E-state index is 11.6. The Kier molecular flexibility index (Phi) is 2.57. The predicted octanol–water partition coefficient (Wildman–Crippen LogP) is 1.23. The molecule has 1 saturated carbocycles. The standard InChI is InChI=1S/C12H16N4O2/c1-8-7-9(2)16(13-8)6-5-15-11(10-3-4-10)14-18-12(15)17/h7,10H,3-6H2,1-2H3. The van der Waals surface area contributed by atoms with E-state index in [0.29, 0.717) is 19.0 Å². The normalized spacial score (nSPS) is 15.2. The van der Waals surface area contributed by atoms with Gasteiger partial charge in [-0.15, -0.1) is 0 Å². The third-order valence-corrected chi connectivity index (χ3v) is 3.30. The van der Waals surface area contributed by atoms with Gasteiger partial charge < -0.3 is 0 Å². The van der Waals surface area contributed by atoms with Crippen LogP contribution in [0.4, 0.5) is 0 Å². The number of rotatable bonds is 4. The summed E-state index contributed by atoms with van der Waals surface area (Å²) >= 11 is 0. The molecule has 0 spiro atoms. The molecule has 3 rings (SSSR count). The summed E-state index contributed by atoms with van der Waals surface area (Å²) in [7, 11) is 0. The summed E-state index contributed by atoms with van der Waals surface area (Å²) in [5.41, 5.74) is 2.09. The Balaban J connectivity index is 1.79. The van der Waals surface area contributed by atoms with Crippen molar-refractivity contribution in [3.05, 3.63) is 33.8 Å². The van der Waals surface area contributed by atoms with Gasteiger partial charge in [-0.1, -0.05) is 5.16 Å². The molecule has 1 aliphatic rings. The minimum absolute atomic E-state index is 0.363. The van der Waals surface area contributed by atoms with Gasteiger partial charge in [-0.05, 0) is 32.8 Å². The third kappa shape index (κ3) is 1.98. The second kappa shape index (κ2) is 4.12. The molecule has 0 radical (unpaired) electrons. The number of nitrogens with zero attached hydrogens (tertiary/aromatic N) is 4. The van der Waals surface area contributed by atoms with Crippen LogP contribution >= 0.6 is 0 Å². The molecule has 0 amide bonds. The van der Waals surface area contributed by atoms with Gasteiger partial charge in [0.25, 0.3) is 0 Å². The van der Waals surface area contributed by atoms with Crippen LogP contribution in [0.3, 0.4) is 0 Å². The van der Waals surface area contributed by atoms with Crippen LogP contribution < -0.4 is 5.76 Å². The summed E-state index contributed by atoms with van der Waals surface area (Å²) in [6.45, 7) is 5.21. The third-order valence-electron chi connectivity index (χ3n) is 3.30. The molecule has 0 N–H and O–H groups in total. The summed E-state index contributed by atoms with van der Waals surface area (Å²) < 4.78 is 8.29. The van der Waals surface area contributed by atoms with Gasteiger partial charge in [0.1, 0.15) is 0 Å². The molecule has 96 valence electrons. The van der Waals surface area contributed by atoms with E-state index in [2.05, 4.69) is 10.3 Å². The van der Waals surface area contributed by atoms with E-state index in [9.17, 15) is 4.79 Å². The van der Waals surface area contributed by atoms with Crippen molar-refractivity contribution >= 4 is 0 Å². The van der Waals surface area contributed by atoms with Crippen molar-refractivity contribution in [2.45, 2.75) is 45.7 Å².